The molecule has 0 fully saturated rings. The van der Waals surface area contributed by atoms with Crippen molar-refractivity contribution in [3.8, 4) is 0 Å². The van der Waals surface area contributed by atoms with E-state index < -0.39 is 6.10 Å². The number of carbonyl (C=O) groups excluding carboxylic acids is 1. The molecule has 2 rings (SSSR count). The van der Waals surface area contributed by atoms with Crippen LogP contribution in [0.5, 0.6) is 0 Å². The van der Waals surface area contributed by atoms with Gasteiger partial charge < -0.3 is 10.0 Å². The van der Waals surface area contributed by atoms with Crippen LogP contribution in [0.3, 0.4) is 0 Å². The minimum Gasteiger partial charge on any atom is -0.384 e. The molecule has 2 aromatic rings. The molecule has 0 aliphatic heterocycles. The third-order valence-electron chi connectivity index (χ3n) is 3.28. The lowest BCUT2D eigenvalue weighted by Gasteiger charge is -2.18. The molecule has 1 N–H and O–H groups in total. The predicted molar refractivity (Wildman–Crippen MR) is 77.0 cm³/mol. The van der Waals surface area contributed by atoms with Crippen LogP contribution in [0.1, 0.15) is 12.5 Å². The van der Waals surface area contributed by atoms with Gasteiger partial charge in [0.2, 0.25) is 0 Å². The number of nitrogens with zero attached hydrogens (tertiary/aromatic N) is 1. The van der Waals surface area contributed by atoms with Crippen molar-refractivity contribution in [2.45, 2.75) is 19.4 Å². The lowest BCUT2D eigenvalue weighted by atomic mass is 10.1. The highest BCUT2D eigenvalue weighted by Gasteiger charge is 2.13. The number of benzene rings is 2. The fraction of sp³-hybridized carbons (Fsp3) is 0.312. The normalized spacial score (nSPS) is 12.4. The fourth-order valence-corrected chi connectivity index (χ4v) is 2.12. The Hall–Kier alpha value is -1.87. The molecule has 1 unspecified atom stereocenters. The van der Waals surface area contributed by atoms with Crippen LogP contribution in [0.15, 0.2) is 42.5 Å². The summed E-state index contributed by atoms with van der Waals surface area (Å²) in [6.07, 6.45) is -0.138. The van der Waals surface area contributed by atoms with E-state index in [4.69, 9.17) is 0 Å². The third kappa shape index (κ3) is 3.32. The Bertz CT molecular complexity index is 578. The van der Waals surface area contributed by atoms with Gasteiger partial charge in [-0.1, -0.05) is 42.5 Å². The van der Waals surface area contributed by atoms with E-state index in [-0.39, 0.29) is 5.91 Å². The molecule has 0 radical (unpaired) electrons. The first-order valence-corrected chi connectivity index (χ1v) is 6.48. The fourth-order valence-electron chi connectivity index (χ4n) is 2.12. The van der Waals surface area contributed by atoms with Gasteiger partial charge in [-0.05, 0) is 29.7 Å². The van der Waals surface area contributed by atoms with Gasteiger partial charge in [-0.2, -0.15) is 0 Å². The molecule has 100 valence electrons. The average molecular weight is 257 g/mol. The van der Waals surface area contributed by atoms with Crippen molar-refractivity contribution >= 4 is 16.7 Å². The van der Waals surface area contributed by atoms with E-state index in [2.05, 4.69) is 30.3 Å². The van der Waals surface area contributed by atoms with Gasteiger partial charge in [0, 0.05) is 13.6 Å². The number of hydrogen-bond donors (Lipinski definition) is 1. The predicted octanol–water partition coefficient (Wildman–Crippen LogP) is 2.22. The zero-order chi connectivity index (χ0) is 13.8. The number of amides is 1. The van der Waals surface area contributed by atoms with E-state index in [1.807, 2.05) is 12.1 Å². The highest BCUT2D eigenvalue weighted by Crippen LogP contribution is 2.16. The van der Waals surface area contributed by atoms with Crippen molar-refractivity contribution in [1.29, 1.82) is 0 Å². The molecule has 0 spiro atoms. The summed E-state index contributed by atoms with van der Waals surface area (Å²) in [5, 5.41) is 11.7. The van der Waals surface area contributed by atoms with Crippen molar-refractivity contribution < 1.29 is 9.90 Å². The molecule has 0 heterocycles. The Balaban J connectivity index is 2.04. The highest BCUT2D eigenvalue weighted by atomic mass is 16.3. The number of rotatable bonds is 4. The highest BCUT2D eigenvalue weighted by molar-refractivity contribution is 5.83. The second-order valence-corrected chi connectivity index (χ2v) is 4.87. The Morgan fingerprint density at radius 1 is 1.21 bits per heavy atom. The maximum absolute atomic E-state index is 11.6. The number of hydrogen-bond acceptors (Lipinski definition) is 2. The summed E-state index contributed by atoms with van der Waals surface area (Å²) < 4.78 is 0. The van der Waals surface area contributed by atoms with E-state index in [9.17, 15) is 9.90 Å². The minimum atomic E-state index is -0.929. The van der Waals surface area contributed by atoms with E-state index >= 15 is 0 Å². The number of aliphatic hydroxyl groups is 1. The molecule has 2 aromatic carbocycles. The molecule has 1 atom stereocenters. The molecule has 1 amide bonds. The van der Waals surface area contributed by atoms with E-state index in [1.165, 1.54) is 23.3 Å². The largest absolute Gasteiger partial charge is 0.384 e. The standard InChI is InChI=1S/C16H19NO2/c1-12(18)16(19)17(2)10-9-13-7-8-14-5-3-4-6-15(14)11-13/h3-8,11-12,18H,9-10H2,1-2H3. The van der Waals surface area contributed by atoms with Crippen LogP contribution in [-0.2, 0) is 11.2 Å². The van der Waals surface area contributed by atoms with Crippen LogP contribution in [-0.4, -0.2) is 35.6 Å². The molecule has 0 bridgehead atoms. The molecule has 0 saturated carbocycles. The Morgan fingerprint density at radius 2 is 1.89 bits per heavy atom. The quantitative estimate of drug-likeness (QED) is 0.912. The zero-order valence-electron chi connectivity index (χ0n) is 11.3. The zero-order valence-corrected chi connectivity index (χ0v) is 11.3. The molecular weight excluding hydrogens is 238 g/mol. The average Bonchev–Trinajstić information content (AvgIpc) is 2.43. The summed E-state index contributed by atoms with van der Waals surface area (Å²) in [6.45, 7) is 2.11. The van der Waals surface area contributed by atoms with Gasteiger partial charge in [-0.25, -0.2) is 0 Å². The second-order valence-electron chi connectivity index (χ2n) is 4.87. The third-order valence-corrected chi connectivity index (χ3v) is 3.28. The van der Waals surface area contributed by atoms with Gasteiger partial charge in [0.15, 0.2) is 0 Å². The van der Waals surface area contributed by atoms with Crippen LogP contribution in [0.25, 0.3) is 10.8 Å². The van der Waals surface area contributed by atoms with E-state index in [0.717, 1.165) is 6.42 Å². The smallest absolute Gasteiger partial charge is 0.250 e. The summed E-state index contributed by atoms with van der Waals surface area (Å²) >= 11 is 0. The summed E-state index contributed by atoms with van der Waals surface area (Å²) in [5.41, 5.74) is 1.20. The summed E-state index contributed by atoms with van der Waals surface area (Å²) in [5.74, 6) is -0.235. The lowest BCUT2D eigenvalue weighted by Crippen LogP contribution is -2.35. The van der Waals surface area contributed by atoms with Gasteiger partial charge in [-0.3, -0.25) is 4.79 Å². The first-order valence-electron chi connectivity index (χ1n) is 6.48. The van der Waals surface area contributed by atoms with E-state index in [1.54, 1.807) is 11.9 Å². The SMILES string of the molecule is CC(O)C(=O)N(C)CCc1ccc2ccccc2c1. The van der Waals surface area contributed by atoms with Gasteiger partial charge >= 0.3 is 0 Å². The number of carbonyl (C=O) groups is 1. The molecule has 3 nitrogen and oxygen atoms in total. The maximum atomic E-state index is 11.6. The van der Waals surface area contributed by atoms with Crippen molar-refractivity contribution in [3.05, 3.63) is 48.0 Å². The van der Waals surface area contributed by atoms with Crippen molar-refractivity contribution in [2.75, 3.05) is 13.6 Å². The minimum absolute atomic E-state index is 0.235. The molecule has 0 aliphatic carbocycles. The topological polar surface area (TPSA) is 40.5 Å². The first-order chi connectivity index (χ1) is 9.08. The van der Waals surface area contributed by atoms with Crippen molar-refractivity contribution in [3.63, 3.8) is 0 Å². The van der Waals surface area contributed by atoms with Gasteiger partial charge in [0.05, 0.1) is 0 Å². The first kappa shape index (κ1) is 13.6. The molecular formula is C16H19NO2. The van der Waals surface area contributed by atoms with E-state index in [0.29, 0.717) is 6.54 Å². The van der Waals surface area contributed by atoms with Crippen LogP contribution in [0, 0.1) is 0 Å². The summed E-state index contributed by atoms with van der Waals surface area (Å²) in [7, 11) is 1.72. The van der Waals surface area contributed by atoms with Crippen LogP contribution in [0.4, 0.5) is 0 Å². The Kier molecular flexibility index (Phi) is 4.17. The monoisotopic (exact) mass is 257 g/mol. The molecule has 0 aliphatic rings. The lowest BCUT2D eigenvalue weighted by molar-refractivity contribution is -0.137. The van der Waals surface area contributed by atoms with Gasteiger partial charge in [-0.15, -0.1) is 0 Å². The summed E-state index contributed by atoms with van der Waals surface area (Å²) in [6, 6.07) is 14.6. The Morgan fingerprint density at radius 3 is 2.58 bits per heavy atom. The van der Waals surface area contributed by atoms with Crippen LogP contribution >= 0.6 is 0 Å². The summed E-state index contributed by atoms with van der Waals surface area (Å²) in [4.78, 5) is 13.1. The number of aliphatic hydroxyl groups excluding tert-OH is 1. The van der Waals surface area contributed by atoms with Crippen LogP contribution < -0.4 is 0 Å². The number of fused-ring (bicyclic) bond motifs is 1. The number of likely N-dealkylation sites (N-methyl/N-ethyl adjacent to an activating group) is 1. The van der Waals surface area contributed by atoms with Crippen molar-refractivity contribution in [1.82, 2.24) is 4.90 Å². The second kappa shape index (κ2) is 5.85. The Labute approximate surface area is 113 Å². The molecule has 19 heavy (non-hydrogen) atoms. The molecule has 0 saturated heterocycles. The molecule has 3 heteroatoms. The van der Waals surface area contributed by atoms with Crippen molar-refractivity contribution in [2.24, 2.45) is 0 Å². The maximum Gasteiger partial charge on any atom is 0.250 e. The van der Waals surface area contributed by atoms with Gasteiger partial charge in [0.25, 0.3) is 5.91 Å². The van der Waals surface area contributed by atoms with Crippen LogP contribution in [0.2, 0.25) is 0 Å². The molecule has 0 aromatic heterocycles. The van der Waals surface area contributed by atoms with Gasteiger partial charge in [0.1, 0.15) is 6.10 Å².